The van der Waals surface area contributed by atoms with Crippen molar-refractivity contribution in [3.8, 4) is 22.7 Å². The minimum atomic E-state index is -1.19. The number of carboxylic acid groups (broad SMARTS) is 1. The molecule has 0 bridgehead atoms. The zero-order valence-electron chi connectivity index (χ0n) is 17.4. The molecule has 4 nitrogen and oxygen atoms in total. The summed E-state index contributed by atoms with van der Waals surface area (Å²) in [6, 6.07) is 16.4. The third kappa shape index (κ3) is 4.94. The number of carbonyl (C=O) groups is 1. The molecule has 0 spiro atoms. The van der Waals surface area contributed by atoms with Crippen LogP contribution in [0.1, 0.15) is 41.7 Å². The van der Waals surface area contributed by atoms with Crippen LogP contribution >= 0.6 is 11.6 Å². The molecule has 0 aliphatic heterocycles. The van der Waals surface area contributed by atoms with Gasteiger partial charge in [-0.25, -0.2) is 0 Å². The van der Waals surface area contributed by atoms with Gasteiger partial charge in [0.15, 0.2) is 0 Å². The number of hydrogen-bond acceptors (Lipinski definition) is 3. The number of aromatic carboxylic acids is 1. The number of nitrogens with zero attached hydrogens (tertiary/aromatic N) is 1. The monoisotopic (exact) mass is 431 g/mol. The molecule has 2 aromatic carbocycles. The summed E-state index contributed by atoms with van der Waals surface area (Å²) in [7, 11) is 0. The molecule has 1 saturated carbocycles. The molecule has 1 heterocycles. The number of carbonyl (C=O) groups excluding carboxylic acids is 1. The SMILES string of the molecule is Cc1ccc(-c2cc(Cl)ccc2OCC2CCCC2)n1-c1cccc(C(=O)[O-])c1.[Na+]. The van der Waals surface area contributed by atoms with Crippen LogP contribution in [-0.4, -0.2) is 17.1 Å². The number of halogens is 1. The average molecular weight is 432 g/mol. The molecule has 0 radical (unpaired) electrons. The Labute approximate surface area is 204 Å². The van der Waals surface area contributed by atoms with E-state index in [-0.39, 0.29) is 35.1 Å². The minimum Gasteiger partial charge on any atom is -0.545 e. The van der Waals surface area contributed by atoms with Gasteiger partial charge in [-0.1, -0.05) is 36.6 Å². The molecule has 0 atom stereocenters. The van der Waals surface area contributed by atoms with Gasteiger partial charge in [0.1, 0.15) is 5.75 Å². The third-order valence-corrected chi connectivity index (χ3v) is 5.82. The molecule has 6 heteroatoms. The second kappa shape index (κ2) is 10.1. The van der Waals surface area contributed by atoms with Crippen molar-refractivity contribution in [3.05, 3.63) is 70.9 Å². The Bertz CT molecular complexity index is 1040. The Kier molecular flexibility index (Phi) is 7.70. The second-order valence-corrected chi connectivity index (χ2v) is 8.07. The first-order valence-electron chi connectivity index (χ1n) is 9.96. The Morgan fingerprint density at radius 3 is 2.63 bits per heavy atom. The van der Waals surface area contributed by atoms with Gasteiger partial charge in [-0.2, -0.15) is 0 Å². The standard InChI is InChI=1S/C24H24ClNO3.Na/c1-16-9-11-22(26(16)20-8-4-7-18(13-20)24(27)28)21-14-19(25)10-12-23(21)29-15-17-5-2-3-6-17;/h4,7-14,17H,2-3,5-6,15H2,1H3,(H,27,28);/q;+1/p-1. The molecule has 0 saturated heterocycles. The van der Waals surface area contributed by atoms with E-state index in [2.05, 4.69) is 0 Å². The van der Waals surface area contributed by atoms with Crippen LogP contribution in [0.25, 0.3) is 16.9 Å². The molecule has 4 rings (SSSR count). The largest absolute Gasteiger partial charge is 1.00 e. The Morgan fingerprint density at radius 1 is 1.13 bits per heavy atom. The Hall–Kier alpha value is -1.72. The maximum atomic E-state index is 11.3. The zero-order chi connectivity index (χ0) is 20.4. The van der Waals surface area contributed by atoms with Crippen molar-refractivity contribution in [2.75, 3.05) is 6.61 Å². The van der Waals surface area contributed by atoms with Crippen LogP contribution in [0, 0.1) is 12.8 Å². The number of hydrogen-bond donors (Lipinski definition) is 0. The van der Waals surface area contributed by atoms with Gasteiger partial charge in [0, 0.05) is 22.0 Å². The molecular formula is C24H23ClNNaO3. The van der Waals surface area contributed by atoms with E-state index >= 15 is 0 Å². The molecule has 1 aromatic heterocycles. The fourth-order valence-corrected chi connectivity index (χ4v) is 4.25. The first kappa shape index (κ1) is 23.0. The van der Waals surface area contributed by atoms with Crippen LogP contribution in [0.15, 0.2) is 54.6 Å². The Morgan fingerprint density at radius 2 is 1.90 bits per heavy atom. The number of benzene rings is 2. The number of carboxylic acids is 1. The first-order chi connectivity index (χ1) is 14.0. The second-order valence-electron chi connectivity index (χ2n) is 7.64. The summed E-state index contributed by atoms with van der Waals surface area (Å²) in [5.41, 5.74) is 3.68. The summed E-state index contributed by atoms with van der Waals surface area (Å²) in [4.78, 5) is 11.3. The quantitative estimate of drug-likeness (QED) is 0.561. The fourth-order valence-electron chi connectivity index (χ4n) is 4.08. The zero-order valence-corrected chi connectivity index (χ0v) is 20.1. The van der Waals surface area contributed by atoms with Crippen LogP contribution in [0.5, 0.6) is 5.75 Å². The molecule has 1 fully saturated rings. The van der Waals surface area contributed by atoms with E-state index in [1.165, 1.54) is 31.7 Å². The van der Waals surface area contributed by atoms with Gasteiger partial charge in [-0.15, -0.1) is 0 Å². The van der Waals surface area contributed by atoms with E-state index < -0.39 is 5.97 Å². The van der Waals surface area contributed by atoms with E-state index in [4.69, 9.17) is 16.3 Å². The maximum absolute atomic E-state index is 11.3. The molecule has 0 unspecified atom stereocenters. The van der Waals surface area contributed by atoms with Crippen LogP contribution in [0.4, 0.5) is 0 Å². The molecule has 1 aliphatic carbocycles. The summed E-state index contributed by atoms with van der Waals surface area (Å²) in [6.07, 6.45) is 4.99. The summed E-state index contributed by atoms with van der Waals surface area (Å²) < 4.78 is 8.23. The normalized spacial score (nSPS) is 13.8. The fraction of sp³-hybridized carbons (Fsp3) is 0.292. The maximum Gasteiger partial charge on any atom is 1.00 e. The van der Waals surface area contributed by atoms with E-state index in [0.29, 0.717) is 17.5 Å². The van der Waals surface area contributed by atoms with Gasteiger partial charge in [-0.3, -0.25) is 0 Å². The summed E-state index contributed by atoms with van der Waals surface area (Å²) in [5.74, 6) is 0.199. The van der Waals surface area contributed by atoms with Crippen LogP contribution in [0.2, 0.25) is 5.02 Å². The van der Waals surface area contributed by atoms with Crippen molar-refractivity contribution in [3.63, 3.8) is 0 Å². The van der Waals surface area contributed by atoms with Gasteiger partial charge in [-0.05, 0) is 73.7 Å². The molecule has 150 valence electrons. The number of rotatable bonds is 6. The number of aryl methyl sites for hydroxylation is 1. The summed E-state index contributed by atoms with van der Waals surface area (Å²) in [5, 5.41) is 11.9. The molecule has 30 heavy (non-hydrogen) atoms. The van der Waals surface area contributed by atoms with Crippen molar-refractivity contribution in [2.45, 2.75) is 32.6 Å². The third-order valence-electron chi connectivity index (χ3n) is 5.58. The van der Waals surface area contributed by atoms with E-state index in [9.17, 15) is 9.90 Å². The van der Waals surface area contributed by atoms with Crippen molar-refractivity contribution in [2.24, 2.45) is 5.92 Å². The van der Waals surface area contributed by atoms with Gasteiger partial charge >= 0.3 is 29.6 Å². The summed E-state index contributed by atoms with van der Waals surface area (Å²) in [6.45, 7) is 2.69. The van der Waals surface area contributed by atoms with Gasteiger partial charge in [0.2, 0.25) is 0 Å². The molecule has 1 aliphatic rings. The van der Waals surface area contributed by atoms with E-state index in [1.54, 1.807) is 12.1 Å². The minimum absolute atomic E-state index is 0. The van der Waals surface area contributed by atoms with E-state index in [1.807, 2.05) is 47.9 Å². The molecule has 0 amide bonds. The van der Waals surface area contributed by atoms with E-state index in [0.717, 1.165) is 28.4 Å². The van der Waals surface area contributed by atoms with Crippen molar-refractivity contribution >= 4 is 17.6 Å². The smallest absolute Gasteiger partial charge is 0.545 e. The van der Waals surface area contributed by atoms with Gasteiger partial charge in [0.05, 0.1) is 18.3 Å². The molecular weight excluding hydrogens is 409 g/mol. The van der Waals surface area contributed by atoms with Crippen molar-refractivity contribution in [1.82, 2.24) is 4.57 Å². The van der Waals surface area contributed by atoms with Crippen molar-refractivity contribution in [1.29, 1.82) is 0 Å². The number of aromatic nitrogens is 1. The predicted octanol–water partition coefficient (Wildman–Crippen LogP) is 2.04. The van der Waals surface area contributed by atoms with Crippen LogP contribution in [-0.2, 0) is 0 Å². The summed E-state index contributed by atoms with van der Waals surface area (Å²) >= 11 is 6.32. The molecule has 3 aromatic rings. The van der Waals surface area contributed by atoms with Crippen molar-refractivity contribution < 1.29 is 44.2 Å². The van der Waals surface area contributed by atoms with Crippen LogP contribution < -0.4 is 39.4 Å². The van der Waals surface area contributed by atoms with Gasteiger partial charge < -0.3 is 19.2 Å². The topological polar surface area (TPSA) is 54.3 Å². The Balaban J connectivity index is 0.00000256. The van der Waals surface area contributed by atoms with Gasteiger partial charge in [0.25, 0.3) is 0 Å². The average Bonchev–Trinajstić information content (AvgIpc) is 3.36. The first-order valence-corrected chi connectivity index (χ1v) is 10.3. The predicted molar refractivity (Wildman–Crippen MR) is 113 cm³/mol. The molecule has 0 N–H and O–H groups in total. The van der Waals surface area contributed by atoms with Crippen LogP contribution in [0.3, 0.4) is 0 Å². The number of ether oxygens (including phenoxy) is 1.